The number of hydrogen-bond donors (Lipinski definition) is 1. The number of urea groups is 1. The third kappa shape index (κ3) is 6.65. The Morgan fingerprint density at radius 2 is 1.92 bits per heavy atom. The van der Waals surface area contributed by atoms with Gasteiger partial charge in [-0.05, 0) is 38.8 Å². The van der Waals surface area contributed by atoms with Gasteiger partial charge in [-0.1, -0.05) is 31.8 Å². The maximum absolute atomic E-state index is 12.4. The number of carbonyl (C=O) groups is 1. The van der Waals surface area contributed by atoms with E-state index in [0.29, 0.717) is 17.6 Å². The molecule has 0 spiro atoms. The summed E-state index contributed by atoms with van der Waals surface area (Å²) in [6, 6.07) is -0.396. The van der Waals surface area contributed by atoms with Crippen LogP contribution in [0.1, 0.15) is 64.2 Å². The van der Waals surface area contributed by atoms with Crippen LogP contribution >= 0.6 is 0 Å². The summed E-state index contributed by atoms with van der Waals surface area (Å²) in [6.45, 7) is 10.0. The number of carbonyl (C=O) groups excluding carboxylic acids is 1. The van der Waals surface area contributed by atoms with Gasteiger partial charge in [0.25, 0.3) is 0 Å². The molecule has 1 aliphatic rings. The predicted octanol–water partition coefficient (Wildman–Crippen LogP) is 2.85. The Bertz CT molecular complexity index is 523. The molecule has 2 heterocycles. The number of likely N-dealkylation sites (tertiary alicyclic amines) is 1. The number of amides is 2. The lowest BCUT2D eigenvalue weighted by atomic mass is 10.1. The molecule has 1 aromatic rings. The van der Waals surface area contributed by atoms with Gasteiger partial charge in [0, 0.05) is 26.6 Å². The fourth-order valence-electron chi connectivity index (χ4n) is 3.00. The van der Waals surface area contributed by atoms with E-state index in [4.69, 9.17) is 4.52 Å². The van der Waals surface area contributed by atoms with Crippen molar-refractivity contribution in [3.63, 3.8) is 0 Å². The summed E-state index contributed by atoms with van der Waals surface area (Å²) in [6.07, 6.45) is 5.96. The summed E-state index contributed by atoms with van der Waals surface area (Å²) in [5, 5.41) is 6.91. The van der Waals surface area contributed by atoms with Crippen LogP contribution in [0.15, 0.2) is 4.52 Å². The average molecular weight is 351 g/mol. The van der Waals surface area contributed by atoms with E-state index in [0.717, 1.165) is 32.6 Å². The van der Waals surface area contributed by atoms with E-state index in [1.165, 1.54) is 25.7 Å². The van der Waals surface area contributed by atoms with E-state index >= 15 is 0 Å². The van der Waals surface area contributed by atoms with Crippen molar-refractivity contribution in [2.24, 2.45) is 5.92 Å². The van der Waals surface area contributed by atoms with Crippen LogP contribution in [0.25, 0.3) is 0 Å². The second kappa shape index (κ2) is 9.75. The van der Waals surface area contributed by atoms with Gasteiger partial charge < -0.3 is 19.6 Å². The van der Waals surface area contributed by atoms with Crippen molar-refractivity contribution in [2.45, 2.75) is 58.9 Å². The summed E-state index contributed by atoms with van der Waals surface area (Å²) in [5.41, 5.74) is 0. The summed E-state index contributed by atoms with van der Waals surface area (Å²) < 4.78 is 5.27. The molecule has 7 heteroatoms. The first-order valence-electron chi connectivity index (χ1n) is 9.52. The number of aromatic nitrogens is 2. The van der Waals surface area contributed by atoms with E-state index in [1.807, 2.05) is 14.0 Å². The van der Waals surface area contributed by atoms with Gasteiger partial charge in [-0.2, -0.15) is 4.98 Å². The van der Waals surface area contributed by atoms with E-state index in [9.17, 15) is 4.79 Å². The number of nitrogens with one attached hydrogen (secondary N) is 1. The highest BCUT2D eigenvalue weighted by atomic mass is 16.5. The SMILES string of the molecule is CC(C)Cc1noc([C@@H](C)NC(=O)N(C)CCN2CCCCCC2)n1. The fraction of sp³-hybridized carbons (Fsp3) is 0.833. The van der Waals surface area contributed by atoms with E-state index in [-0.39, 0.29) is 12.1 Å². The lowest BCUT2D eigenvalue weighted by molar-refractivity contribution is 0.190. The first-order valence-corrected chi connectivity index (χ1v) is 9.52. The first-order chi connectivity index (χ1) is 12.0. The molecule has 1 aliphatic heterocycles. The molecule has 1 saturated heterocycles. The molecule has 0 bridgehead atoms. The third-order valence-electron chi connectivity index (χ3n) is 4.58. The molecule has 142 valence electrons. The molecule has 0 aromatic carbocycles. The van der Waals surface area contributed by atoms with E-state index < -0.39 is 0 Å². The third-order valence-corrected chi connectivity index (χ3v) is 4.58. The van der Waals surface area contributed by atoms with Crippen LogP contribution in [0.5, 0.6) is 0 Å². The Labute approximate surface area is 151 Å². The molecular formula is C18H33N5O2. The van der Waals surface area contributed by atoms with Crippen molar-refractivity contribution < 1.29 is 9.32 Å². The monoisotopic (exact) mass is 351 g/mol. The van der Waals surface area contributed by atoms with Gasteiger partial charge >= 0.3 is 6.03 Å². The molecule has 1 aromatic heterocycles. The Balaban J connectivity index is 1.76. The van der Waals surface area contributed by atoms with Crippen molar-refractivity contribution in [3.05, 3.63) is 11.7 Å². The van der Waals surface area contributed by atoms with Crippen LogP contribution in [0, 0.1) is 5.92 Å². The zero-order chi connectivity index (χ0) is 18.2. The maximum atomic E-state index is 12.4. The summed E-state index contributed by atoms with van der Waals surface area (Å²) >= 11 is 0. The standard InChI is InChI=1S/C18H33N5O2/c1-14(2)13-16-20-17(25-21-16)15(3)19-18(24)22(4)11-12-23-9-7-5-6-8-10-23/h14-15H,5-13H2,1-4H3,(H,19,24)/t15-/m1/s1. The van der Waals surface area contributed by atoms with Crippen LogP contribution in [0.2, 0.25) is 0 Å². The zero-order valence-corrected chi connectivity index (χ0v) is 16.1. The van der Waals surface area contributed by atoms with Crippen LogP contribution in [0.4, 0.5) is 4.79 Å². The average Bonchev–Trinajstić information content (AvgIpc) is 2.86. The Morgan fingerprint density at radius 3 is 2.56 bits per heavy atom. The summed E-state index contributed by atoms with van der Waals surface area (Å²) in [4.78, 5) is 20.9. The number of rotatable bonds is 7. The molecule has 1 N–H and O–H groups in total. The highest BCUT2D eigenvalue weighted by Crippen LogP contribution is 2.12. The van der Waals surface area contributed by atoms with Gasteiger partial charge in [-0.15, -0.1) is 0 Å². The Hall–Kier alpha value is -1.63. The lowest BCUT2D eigenvalue weighted by Gasteiger charge is -2.25. The lowest BCUT2D eigenvalue weighted by Crippen LogP contribution is -2.42. The van der Waals surface area contributed by atoms with Crippen LogP contribution in [0.3, 0.4) is 0 Å². The normalized spacial score (nSPS) is 17.3. The molecule has 25 heavy (non-hydrogen) atoms. The van der Waals surface area contributed by atoms with Gasteiger partial charge in [0.1, 0.15) is 6.04 Å². The van der Waals surface area contributed by atoms with Gasteiger partial charge in [0.05, 0.1) is 0 Å². The largest absolute Gasteiger partial charge is 0.337 e. The molecular weight excluding hydrogens is 318 g/mol. The Kier molecular flexibility index (Phi) is 7.68. The van der Waals surface area contributed by atoms with Gasteiger partial charge in [-0.3, -0.25) is 0 Å². The minimum Gasteiger partial charge on any atom is -0.337 e. The van der Waals surface area contributed by atoms with Gasteiger partial charge in [-0.25, -0.2) is 4.79 Å². The summed E-state index contributed by atoms with van der Waals surface area (Å²) in [7, 11) is 1.83. The van der Waals surface area contributed by atoms with Crippen molar-refractivity contribution >= 4 is 6.03 Å². The molecule has 2 amide bonds. The maximum Gasteiger partial charge on any atom is 0.317 e. The smallest absolute Gasteiger partial charge is 0.317 e. The molecule has 0 unspecified atom stereocenters. The second-order valence-corrected chi connectivity index (χ2v) is 7.50. The minimum atomic E-state index is -0.290. The molecule has 1 atom stereocenters. The number of hydrogen-bond acceptors (Lipinski definition) is 5. The zero-order valence-electron chi connectivity index (χ0n) is 16.1. The second-order valence-electron chi connectivity index (χ2n) is 7.50. The fourth-order valence-corrected chi connectivity index (χ4v) is 3.00. The highest BCUT2D eigenvalue weighted by molar-refractivity contribution is 5.74. The quantitative estimate of drug-likeness (QED) is 0.817. The molecule has 0 radical (unpaired) electrons. The van der Waals surface area contributed by atoms with E-state index in [2.05, 4.69) is 34.2 Å². The minimum absolute atomic E-state index is 0.106. The molecule has 7 nitrogen and oxygen atoms in total. The topological polar surface area (TPSA) is 74.5 Å². The van der Waals surface area contributed by atoms with Crippen LogP contribution in [-0.2, 0) is 6.42 Å². The number of nitrogens with zero attached hydrogens (tertiary/aromatic N) is 4. The van der Waals surface area contributed by atoms with Crippen molar-refractivity contribution in [1.29, 1.82) is 0 Å². The molecule has 1 fully saturated rings. The highest BCUT2D eigenvalue weighted by Gasteiger charge is 2.19. The van der Waals surface area contributed by atoms with E-state index in [1.54, 1.807) is 4.90 Å². The Morgan fingerprint density at radius 1 is 1.24 bits per heavy atom. The first kappa shape index (κ1) is 19.7. The van der Waals surface area contributed by atoms with Gasteiger partial charge in [0.15, 0.2) is 5.82 Å². The molecule has 0 aliphatic carbocycles. The number of likely N-dealkylation sites (N-methyl/N-ethyl adjacent to an activating group) is 1. The van der Waals surface area contributed by atoms with Crippen molar-refractivity contribution in [3.8, 4) is 0 Å². The van der Waals surface area contributed by atoms with Crippen LogP contribution in [-0.4, -0.2) is 59.2 Å². The van der Waals surface area contributed by atoms with Crippen molar-refractivity contribution in [1.82, 2.24) is 25.3 Å². The molecule has 0 saturated carbocycles. The van der Waals surface area contributed by atoms with Crippen molar-refractivity contribution in [2.75, 3.05) is 33.2 Å². The predicted molar refractivity (Wildman–Crippen MR) is 97.3 cm³/mol. The summed E-state index contributed by atoms with van der Waals surface area (Å²) in [5.74, 6) is 1.63. The molecule has 2 rings (SSSR count). The van der Waals surface area contributed by atoms with Crippen LogP contribution < -0.4 is 5.32 Å². The van der Waals surface area contributed by atoms with Gasteiger partial charge in [0.2, 0.25) is 5.89 Å².